The first-order valence-corrected chi connectivity index (χ1v) is 6.12. The zero-order chi connectivity index (χ0) is 12.5. The van der Waals surface area contributed by atoms with Gasteiger partial charge in [0.1, 0.15) is 5.82 Å². The van der Waals surface area contributed by atoms with Crippen molar-refractivity contribution < 1.29 is 9.13 Å². The van der Waals surface area contributed by atoms with E-state index in [1.807, 2.05) is 13.0 Å². The Hall–Kier alpha value is -0.930. The van der Waals surface area contributed by atoms with Crippen molar-refractivity contribution in [2.75, 3.05) is 7.11 Å². The fraction of sp³-hybridized carbons (Fsp3) is 0.571. The lowest BCUT2D eigenvalue weighted by atomic mass is 9.75. The molecule has 1 aromatic rings. The van der Waals surface area contributed by atoms with Gasteiger partial charge in [-0.15, -0.1) is 0 Å². The molecule has 1 aliphatic rings. The highest BCUT2D eigenvalue weighted by molar-refractivity contribution is 5.26. The molecule has 0 spiro atoms. The maximum atomic E-state index is 13.3. The summed E-state index contributed by atoms with van der Waals surface area (Å²) in [4.78, 5) is 0. The normalized spacial score (nSPS) is 19.8. The molecule has 3 heteroatoms. The van der Waals surface area contributed by atoms with Gasteiger partial charge in [-0.25, -0.2) is 4.39 Å². The van der Waals surface area contributed by atoms with Gasteiger partial charge in [0.15, 0.2) is 0 Å². The number of nitrogens with two attached hydrogens (primary N) is 1. The monoisotopic (exact) mass is 237 g/mol. The molecule has 1 aromatic carbocycles. The Balaban J connectivity index is 2.11. The molecule has 1 aliphatic carbocycles. The minimum absolute atomic E-state index is 0.0698. The highest BCUT2D eigenvalue weighted by Crippen LogP contribution is 2.41. The quantitative estimate of drug-likeness (QED) is 0.873. The molecule has 0 aromatic heterocycles. The Morgan fingerprint density at radius 3 is 2.59 bits per heavy atom. The van der Waals surface area contributed by atoms with E-state index in [9.17, 15) is 4.39 Å². The molecular weight excluding hydrogens is 217 g/mol. The third-order valence-corrected chi connectivity index (χ3v) is 3.78. The standard InChI is InChI=1S/C14H20FNO/c1-10-6-11(8-12(15)7-10)13(16)9-14(17-2)4-3-5-14/h6-8,13H,3-5,9,16H2,1-2H3. The van der Waals surface area contributed by atoms with Gasteiger partial charge < -0.3 is 10.5 Å². The number of rotatable bonds is 4. The average Bonchev–Trinajstić information content (AvgIpc) is 2.21. The summed E-state index contributed by atoms with van der Waals surface area (Å²) in [7, 11) is 1.74. The first-order chi connectivity index (χ1) is 8.04. The van der Waals surface area contributed by atoms with Gasteiger partial charge in [-0.1, -0.05) is 6.07 Å². The number of halogens is 1. The van der Waals surface area contributed by atoms with Crippen LogP contribution in [0.1, 0.15) is 42.9 Å². The highest BCUT2D eigenvalue weighted by Gasteiger charge is 2.38. The fourth-order valence-electron chi connectivity index (χ4n) is 2.56. The molecule has 0 radical (unpaired) electrons. The van der Waals surface area contributed by atoms with Crippen LogP contribution in [0.4, 0.5) is 4.39 Å². The number of aryl methyl sites for hydroxylation is 1. The van der Waals surface area contributed by atoms with Crippen molar-refractivity contribution in [3.8, 4) is 0 Å². The van der Waals surface area contributed by atoms with Crippen molar-refractivity contribution in [1.82, 2.24) is 0 Å². The van der Waals surface area contributed by atoms with Crippen molar-refractivity contribution in [1.29, 1.82) is 0 Å². The second-order valence-corrected chi connectivity index (χ2v) is 5.11. The van der Waals surface area contributed by atoms with Crippen LogP contribution < -0.4 is 5.73 Å². The average molecular weight is 237 g/mol. The van der Waals surface area contributed by atoms with Crippen molar-refractivity contribution in [2.24, 2.45) is 5.73 Å². The summed E-state index contributed by atoms with van der Waals surface area (Å²) in [6.45, 7) is 1.88. The summed E-state index contributed by atoms with van der Waals surface area (Å²) < 4.78 is 18.9. The Labute approximate surface area is 102 Å². The lowest BCUT2D eigenvalue weighted by Gasteiger charge is -2.42. The van der Waals surface area contributed by atoms with E-state index in [0.717, 1.165) is 30.4 Å². The Kier molecular flexibility index (Phi) is 3.50. The molecule has 2 N–H and O–H groups in total. The number of benzene rings is 1. The molecule has 2 nitrogen and oxygen atoms in total. The molecule has 17 heavy (non-hydrogen) atoms. The molecule has 1 atom stereocenters. The van der Waals surface area contributed by atoms with E-state index in [4.69, 9.17) is 10.5 Å². The molecule has 0 heterocycles. The fourth-order valence-corrected chi connectivity index (χ4v) is 2.56. The van der Waals surface area contributed by atoms with Crippen LogP contribution in [-0.4, -0.2) is 12.7 Å². The summed E-state index contributed by atoms with van der Waals surface area (Å²) in [5.74, 6) is -0.212. The van der Waals surface area contributed by atoms with E-state index in [1.54, 1.807) is 7.11 Å². The molecule has 1 saturated carbocycles. The predicted molar refractivity (Wildman–Crippen MR) is 66.3 cm³/mol. The van der Waals surface area contributed by atoms with E-state index in [1.165, 1.54) is 18.6 Å². The summed E-state index contributed by atoms with van der Waals surface area (Å²) in [6, 6.07) is 4.85. The Morgan fingerprint density at radius 2 is 2.12 bits per heavy atom. The largest absolute Gasteiger partial charge is 0.378 e. The van der Waals surface area contributed by atoms with Crippen LogP contribution in [0.25, 0.3) is 0 Å². The zero-order valence-electron chi connectivity index (χ0n) is 10.5. The van der Waals surface area contributed by atoms with Gasteiger partial charge in [0.25, 0.3) is 0 Å². The molecule has 0 saturated heterocycles. The van der Waals surface area contributed by atoms with Crippen molar-refractivity contribution in [2.45, 2.75) is 44.2 Å². The van der Waals surface area contributed by atoms with Crippen LogP contribution in [0.3, 0.4) is 0 Å². The summed E-state index contributed by atoms with van der Waals surface area (Å²) in [5.41, 5.74) is 7.87. The molecule has 0 bridgehead atoms. The lowest BCUT2D eigenvalue weighted by Crippen LogP contribution is -2.41. The van der Waals surface area contributed by atoms with Gasteiger partial charge in [0, 0.05) is 13.2 Å². The van der Waals surface area contributed by atoms with Crippen LogP contribution in [0.5, 0.6) is 0 Å². The van der Waals surface area contributed by atoms with Gasteiger partial charge in [0.2, 0.25) is 0 Å². The van der Waals surface area contributed by atoms with Crippen LogP contribution in [-0.2, 0) is 4.74 Å². The van der Waals surface area contributed by atoms with Crippen molar-refractivity contribution in [3.05, 3.63) is 35.1 Å². The van der Waals surface area contributed by atoms with E-state index in [0.29, 0.717) is 0 Å². The molecular formula is C14H20FNO. The zero-order valence-corrected chi connectivity index (χ0v) is 10.5. The van der Waals surface area contributed by atoms with E-state index >= 15 is 0 Å². The summed E-state index contributed by atoms with van der Waals surface area (Å²) in [6.07, 6.45) is 4.09. The predicted octanol–water partition coefficient (Wildman–Crippen LogP) is 3.09. The smallest absolute Gasteiger partial charge is 0.123 e. The minimum Gasteiger partial charge on any atom is -0.378 e. The third-order valence-electron chi connectivity index (χ3n) is 3.78. The van der Waals surface area contributed by atoms with Crippen LogP contribution in [0.15, 0.2) is 18.2 Å². The summed E-state index contributed by atoms with van der Waals surface area (Å²) >= 11 is 0. The first-order valence-electron chi connectivity index (χ1n) is 6.12. The first kappa shape index (κ1) is 12.5. The number of hydrogen-bond acceptors (Lipinski definition) is 2. The van der Waals surface area contributed by atoms with Crippen molar-refractivity contribution in [3.63, 3.8) is 0 Å². The second-order valence-electron chi connectivity index (χ2n) is 5.11. The van der Waals surface area contributed by atoms with E-state index in [2.05, 4.69) is 0 Å². The Bertz CT molecular complexity index is 375. The van der Waals surface area contributed by atoms with Gasteiger partial charge in [-0.3, -0.25) is 0 Å². The van der Waals surface area contributed by atoms with E-state index < -0.39 is 0 Å². The maximum absolute atomic E-state index is 13.3. The Morgan fingerprint density at radius 1 is 1.41 bits per heavy atom. The number of hydrogen-bond donors (Lipinski definition) is 1. The molecule has 0 amide bonds. The van der Waals surface area contributed by atoms with Crippen LogP contribution in [0, 0.1) is 12.7 Å². The van der Waals surface area contributed by atoms with E-state index in [-0.39, 0.29) is 17.5 Å². The third kappa shape index (κ3) is 2.67. The van der Waals surface area contributed by atoms with Crippen LogP contribution in [0.2, 0.25) is 0 Å². The minimum atomic E-state index is -0.212. The maximum Gasteiger partial charge on any atom is 0.123 e. The number of ether oxygens (including phenoxy) is 1. The number of methoxy groups -OCH3 is 1. The second kappa shape index (κ2) is 4.75. The molecule has 94 valence electrons. The molecule has 0 aliphatic heterocycles. The topological polar surface area (TPSA) is 35.2 Å². The lowest BCUT2D eigenvalue weighted by molar-refractivity contribution is -0.0817. The van der Waals surface area contributed by atoms with Gasteiger partial charge >= 0.3 is 0 Å². The molecule has 1 fully saturated rings. The van der Waals surface area contributed by atoms with Crippen LogP contribution >= 0.6 is 0 Å². The van der Waals surface area contributed by atoms with Gasteiger partial charge in [-0.2, -0.15) is 0 Å². The van der Waals surface area contributed by atoms with Crippen molar-refractivity contribution >= 4 is 0 Å². The highest BCUT2D eigenvalue weighted by atomic mass is 19.1. The molecule has 1 unspecified atom stereocenters. The van der Waals surface area contributed by atoms with Gasteiger partial charge in [-0.05, 0) is 55.9 Å². The summed E-state index contributed by atoms with van der Waals surface area (Å²) in [5, 5.41) is 0. The van der Waals surface area contributed by atoms with Gasteiger partial charge in [0.05, 0.1) is 5.60 Å². The SMILES string of the molecule is COC1(CC(N)c2cc(C)cc(F)c2)CCC1. The molecule has 2 rings (SSSR count).